The van der Waals surface area contributed by atoms with E-state index in [1.165, 1.54) is 6.42 Å². The van der Waals surface area contributed by atoms with E-state index in [1.54, 1.807) is 0 Å². The topological polar surface area (TPSA) is 56.8 Å². The number of anilines is 1. The van der Waals surface area contributed by atoms with Gasteiger partial charge in [-0.2, -0.15) is 0 Å². The lowest BCUT2D eigenvalue weighted by molar-refractivity contribution is 0.414. The van der Waals surface area contributed by atoms with Crippen molar-refractivity contribution in [3.63, 3.8) is 0 Å². The lowest BCUT2D eigenvalue weighted by Gasteiger charge is -2.15. The third-order valence-corrected chi connectivity index (χ3v) is 4.18. The number of nitrogens with one attached hydrogen (secondary N) is 2. The molecule has 0 aliphatic carbocycles. The minimum Gasteiger partial charge on any atom is -0.381 e. The van der Waals surface area contributed by atoms with Gasteiger partial charge in [-0.3, -0.25) is 0 Å². The monoisotopic (exact) mass is 293 g/mol. The number of rotatable bonds is 3. The fourth-order valence-electron chi connectivity index (χ4n) is 3.03. The van der Waals surface area contributed by atoms with Crippen LogP contribution in [0, 0.1) is 0 Å². The van der Waals surface area contributed by atoms with Crippen molar-refractivity contribution in [3.8, 4) is 11.3 Å². The van der Waals surface area contributed by atoms with Gasteiger partial charge >= 0.3 is 0 Å². The van der Waals surface area contributed by atoms with Gasteiger partial charge in [-0.1, -0.05) is 12.1 Å². The smallest absolute Gasteiger partial charge is 0.156 e. The summed E-state index contributed by atoms with van der Waals surface area (Å²) < 4.78 is 0. The van der Waals surface area contributed by atoms with Crippen molar-refractivity contribution >= 4 is 16.9 Å². The standard InChI is InChI=1S/C17H19N5/c1-22-8-6-14(11-22)20-13-4-2-3-12(9-13)16-10-19-17-15(21-16)5-7-18-17/h2-5,7,9-10,14,20H,6,8,11H2,1H3,(H,18,19). The molecule has 0 saturated carbocycles. The van der Waals surface area contributed by atoms with Crippen LogP contribution in [-0.4, -0.2) is 46.0 Å². The summed E-state index contributed by atoms with van der Waals surface area (Å²) in [6, 6.07) is 10.9. The summed E-state index contributed by atoms with van der Waals surface area (Å²) in [6.07, 6.45) is 4.88. The molecule has 1 fully saturated rings. The van der Waals surface area contributed by atoms with Gasteiger partial charge in [0, 0.05) is 30.0 Å². The fraction of sp³-hybridized carbons (Fsp3) is 0.294. The average molecular weight is 293 g/mol. The molecule has 3 aromatic rings. The predicted molar refractivity (Wildman–Crippen MR) is 88.8 cm³/mol. The first-order chi connectivity index (χ1) is 10.8. The second-order valence-corrected chi connectivity index (χ2v) is 5.94. The first-order valence-corrected chi connectivity index (χ1v) is 7.63. The van der Waals surface area contributed by atoms with Crippen LogP contribution in [-0.2, 0) is 0 Å². The molecular formula is C17H19N5. The van der Waals surface area contributed by atoms with E-state index in [2.05, 4.69) is 56.5 Å². The maximum atomic E-state index is 4.66. The van der Waals surface area contributed by atoms with E-state index in [1.807, 2.05) is 18.5 Å². The van der Waals surface area contributed by atoms with Crippen molar-refractivity contribution in [2.75, 3.05) is 25.5 Å². The van der Waals surface area contributed by atoms with Gasteiger partial charge in [0.2, 0.25) is 0 Å². The van der Waals surface area contributed by atoms with Crippen molar-refractivity contribution in [3.05, 3.63) is 42.7 Å². The van der Waals surface area contributed by atoms with Crippen LogP contribution in [0.15, 0.2) is 42.7 Å². The molecule has 0 spiro atoms. The number of H-pyrrole nitrogens is 1. The summed E-state index contributed by atoms with van der Waals surface area (Å²) >= 11 is 0. The Morgan fingerprint density at radius 1 is 1.32 bits per heavy atom. The zero-order valence-corrected chi connectivity index (χ0v) is 12.6. The van der Waals surface area contributed by atoms with Gasteiger partial charge in [0.15, 0.2) is 5.65 Å². The molecule has 4 rings (SSSR count). The number of aromatic amines is 1. The SMILES string of the molecule is CN1CCC(Nc2cccc(-c3cnc4[nH]ccc4n3)c2)C1. The van der Waals surface area contributed by atoms with E-state index in [0.717, 1.165) is 41.2 Å². The quantitative estimate of drug-likeness (QED) is 0.779. The van der Waals surface area contributed by atoms with E-state index in [4.69, 9.17) is 0 Å². The Balaban J connectivity index is 1.60. The molecule has 3 heterocycles. The number of fused-ring (bicyclic) bond motifs is 1. The van der Waals surface area contributed by atoms with Gasteiger partial charge in [-0.15, -0.1) is 0 Å². The number of likely N-dealkylation sites (N-methyl/N-ethyl adjacent to an activating group) is 1. The number of likely N-dealkylation sites (tertiary alicyclic amines) is 1. The number of nitrogens with zero attached hydrogens (tertiary/aromatic N) is 3. The van der Waals surface area contributed by atoms with E-state index < -0.39 is 0 Å². The first-order valence-electron chi connectivity index (χ1n) is 7.63. The molecule has 5 nitrogen and oxygen atoms in total. The molecule has 1 atom stereocenters. The predicted octanol–water partition coefficient (Wildman–Crippen LogP) is 2.74. The second kappa shape index (κ2) is 5.42. The maximum Gasteiger partial charge on any atom is 0.156 e. The van der Waals surface area contributed by atoms with Gasteiger partial charge in [0.05, 0.1) is 11.9 Å². The van der Waals surface area contributed by atoms with Gasteiger partial charge in [-0.05, 0) is 38.2 Å². The molecule has 0 amide bonds. The van der Waals surface area contributed by atoms with E-state index >= 15 is 0 Å². The molecule has 0 radical (unpaired) electrons. The Kier molecular flexibility index (Phi) is 3.27. The Bertz CT molecular complexity index is 794. The largest absolute Gasteiger partial charge is 0.381 e. The minimum atomic E-state index is 0.526. The normalized spacial score (nSPS) is 18.9. The minimum absolute atomic E-state index is 0.526. The number of benzene rings is 1. The zero-order valence-electron chi connectivity index (χ0n) is 12.6. The van der Waals surface area contributed by atoms with Gasteiger partial charge in [0.25, 0.3) is 0 Å². The van der Waals surface area contributed by atoms with Gasteiger partial charge in [0.1, 0.15) is 5.52 Å². The molecule has 1 aromatic carbocycles. The fourth-order valence-corrected chi connectivity index (χ4v) is 3.03. The molecular weight excluding hydrogens is 274 g/mol. The van der Waals surface area contributed by atoms with Gasteiger partial charge < -0.3 is 15.2 Å². The second-order valence-electron chi connectivity index (χ2n) is 5.94. The molecule has 22 heavy (non-hydrogen) atoms. The van der Waals surface area contributed by atoms with E-state index in [9.17, 15) is 0 Å². The number of hydrogen-bond acceptors (Lipinski definition) is 4. The Hall–Kier alpha value is -2.40. The summed E-state index contributed by atoms with van der Waals surface area (Å²) in [5.41, 5.74) is 4.86. The van der Waals surface area contributed by atoms with Crippen LogP contribution in [0.2, 0.25) is 0 Å². The lowest BCUT2D eigenvalue weighted by Crippen LogP contribution is -2.23. The van der Waals surface area contributed by atoms with Crippen molar-refractivity contribution in [1.82, 2.24) is 19.9 Å². The van der Waals surface area contributed by atoms with E-state index in [-0.39, 0.29) is 0 Å². The zero-order chi connectivity index (χ0) is 14.9. The molecule has 112 valence electrons. The molecule has 5 heteroatoms. The van der Waals surface area contributed by atoms with Crippen LogP contribution in [0.5, 0.6) is 0 Å². The Morgan fingerprint density at radius 3 is 3.14 bits per heavy atom. The van der Waals surface area contributed by atoms with Crippen LogP contribution in [0.25, 0.3) is 22.4 Å². The molecule has 1 aliphatic rings. The third kappa shape index (κ3) is 2.55. The molecule has 2 N–H and O–H groups in total. The summed E-state index contributed by atoms with van der Waals surface area (Å²) in [6.45, 7) is 2.26. The Morgan fingerprint density at radius 2 is 2.27 bits per heavy atom. The lowest BCUT2D eigenvalue weighted by atomic mass is 10.1. The van der Waals surface area contributed by atoms with Crippen LogP contribution in [0.1, 0.15) is 6.42 Å². The summed E-state index contributed by atoms with van der Waals surface area (Å²) in [7, 11) is 2.17. The highest BCUT2D eigenvalue weighted by atomic mass is 15.2. The van der Waals surface area contributed by atoms with Crippen LogP contribution in [0.3, 0.4) is 0 Å². The maximum absolute atomic E-state index is 4.66. The molecule has 0 bridgehead atoms. The average Bonchev–Trinajstić information content (AvgIpc) is 3.15. The number of aromatic nitrogens is 3. The number of hydrogen-bond donors (Lipinski definition) is 2. The van der Waals surface area contributed by atoms with Crippen molar-refractivity contribution < 1.29 is 0 Å². The van der Waals surface area contributed by atoms with Gasteiger partial charge in [-0.25, -0.2) is 9.97 Å². The summed E-state index contributed by atoms with van der Waals surface area (Å²) in [5, 5.41) is 3.62. The summed E-state index contributed by atoms with van der Waals surface area (Å²) in [5.74, 6) is 0. The van der Waals surface area contributed by atoms with Crippen LogP contribution in [0.4, 0.5) is 5.69 Å². The van der Waals surface area contributed by atoms with Crippen molar-refractivity contribution in [2.45, 2.75) is 12.5 Å². The van der Waals surface area contributed by atoms with E-state index in [0.29, 0.717) is 6.04 Å². The highest BCUT2D eigenvalue weighted by molar-refractivity contribution is 5.75. The molecule has 1 unspecified atom stereocenters. The van der Waals surface area contributed by atoms with Crippen molar-refractivity contribution in [1.29, 1.82) is 0 Å². The van der Waals surface area contributed by atoms with Crippen LogP contribution < -0.4 is 5.32 Å². The highest BCUT2D eigenvalue weighted by Gasteiger charge is 2.19. The first kappa shape index (κ1) is 13.3. The third-order valence-electron chi connectivity index (χ3n) is 4.18. The highest BCUT2D eigenvalue weighted by Crippen LogP contribution is 2.23. The molecule has 2 aromatic heterocycles. The Labute approximate surface area is 129 Å². The van der Waals surface area contributed by atoms with Crippen molar-refractivity contribution in [2.24, 2.45) is 0 Å². The summed E-state index contributed by atoms with van der Waals surface area (Å²) in [4.78, 5) is 14.5. The molecule has 1 saturated heterocycles. The van der Waals surface area contributed by atoms with Crippen LogP contribution >= 0.6 is 0 Å². The molecule has 1 aliphatic heterocycles.